The number of carbonyl (C=O) groups is 1. The molecule has 0 heterocycles. The van der Waals surface area contributed by atoms with Crippen LogP contribution in [0.5, 0.6) is 23.0 Å². The van der Waals surface area contributed by atoms with Crippen LogP contribution in [0.2, 0.25) is 0 Å². The lowest BCUT2D eigenvalue weighted by atomic mass is 9.90. The van der Waals surface area contributed by atoms with Gasteiger partial charge in [-0.05, 0) is 142 Å². The molecule has 0 amide bonds. The summed E-state index contributed by atoms with van der Waals surface area (Å²) in [7, 11) is 3.37. The van der Waals surface area contributed by atoms with Crippen molar-refractivity contribution in [2.24, 2.45) is 5.92 Å². The molecule has 0 saturated heterocycles. The number of hydrogen-bond donors (Lipinski definition) is 3. The maximum absolute atomic E-state index is 13.1. The van der Waals surface area contributed by atoms with Gasteiger partial charge in [-0.15, -0.1) is 6.58 Å². The van der Waals surface area contributed by atoms with Gasteiger partial charge in [0.05, 0.1) is 20.1 Å². The lowest BCUT2D eigenvalue weighted by molar-refractivity contribution is -0.284. The molecule has 3 N–H and O–H groups in total. The lowest BCUT2D eigenvalue weighted by Crippen LogP contribution is -2.36. The van der Waals surface area contributed by atoms with Crippen LogP contribution in [0.25, 0.3) is 43.8 Å². The molecule has 11 heteroatoms. The first-order valence-corrected chi connectivity index (χ1v) is 22.2. The molecule has 0 aromatic heterocycles. The summed E-state index contributed by atoms with van der Waals surface area (Å²) in [5.74, 6) is -4.68. The van der Waals surface area contributed by atoms with Crippen molar-refractivity contribution in [3.05, 3.63) is 133 Å². The van der Waals surface area contributed by atoms with E-state index in [1.165, 1.54) is 33.0 Å². The molecular formula is C54H59F5O6. The number of unbranched alkanes of at least 4 members (excludes halogenated alkanes) is 7. The SMILES string of the molecule is C=CCc1c(-c2ccc(OC)cc2)ccc2cc(OC)ccc12.O=C(O)C(CCCCCCCCCCc1c(-c2ccc(O)cc2)ccc2cc(O)ccc12)CCCC(F)(F)C(F)(F)F. The van der Waals surface area contributed by atoms with E-state index in [-0.39, 0.29) is 24.3 Å². The van der Waals surface area contributed by atoms with Gasteiger partial charge in [-0.3, -0.25) is 4.79 Å². The van der Waals surface area contributed by atoms with Gasteiger partial charge in [0.1, 0.15) is 23.0 Å². The highest BCUT2D eigenvalue weighted by molar-refractivity contribution is 5.94. The zero-order valence-corrected chi connectivity index (χ0v) is 37.1. The highest BCUT2D eigenvalue weighted by atomic mass is 19.4. The number of phenolic OH excluding ortho intramolecular Hbond substituents is 2. The standard InChI is InChI=1S/C33H39F5O4.C21H20O2/c34-32(35,33(36,37)38)21-9-11-24(31(41)42)10-7-5-3-1-2-4-6-8-12-30-28(23-13-16-26(39)17-14-23)19-15-25-22-27(40)18-20-29(25)30;1-4-5-21-19(15-6-9-17(22-2)10-7-15)12-8-16-14-18(23-3)11-13-20(16)21/h13-20,22,24,39-40H,1-12,21H2,(H,41,42);4,6-14H,1,5H2,2-3H3. The molecule has 0 fully saturated rings. The van der Waals surface area contributed by atoms with Gasteiger partial charge >= 0.3 is 18.1 Å². The molecule has 6 rings (SSSR count). The van der Waals surface area contributed by atoms with Crippen LogP contribution in [-0.2, 0) is 17.6 Å². The summed E-state index contributed by atoms with van der Waals surface area (Å²) in [5, 5.41) is 33.4. The minimum atomic E-state index is -5.61. The maximum Gasteiger partial charge on any atom is 0.453 e. The Labute approximate surface area is 378 Å². The quantitative estimate of drug-likeness (QED) is 0.0357. The first kappa shape index (κ1) is 49.9. The number of halogens is 5. The predicted octanol–water partition coefficient (Wildman–Crippen LogP) is 15.3. The van der Waals surface area contributed by atoms with Crippen molar-refractivity contribution in [3.63, 3.8) is 0 Å². The largest absolute Gasteiger partial charge is 0.508 e. The number of carboxylic acid groups (broad SMARTS) is 1. The minimum Gasteiger partial charge on any atom is -0.508 e. The molecule has 0 aliphatic rings. The second kappa shape index (κ2) is 23.7. The molecule has 0 aliphatic heterocycles. The fraction of sp³-hybridized carbons (Fsp3) is 0.352. The average molecular weight is 899 g/mol. The van der Waals surface area contributed by atoms with Gasteiger partial charge in [0, 0.05) is 6.42 Å². The summed E-state index contributed by atoms with van der Waals surface area (Å²) in [4.78, 5) is 11.4. The van der Waals surface area contributed by atoms with E-state index in [0.29, 0.717) is 6.42 Å². The number of hydrogen-bond acceptors (Lipinski definition) is 5. The Bertz CT molecular complexity index is 2460. The Morgan fingerprint density at radius 2 is 1.09 bits per heavy atom. The average Bonchev–Trinajstić information content (AvgIpc) is 3.29. The van der Waals surface area contributed by atoms with E-state index in [1.807, 2.05) is 48.5 Å². The van der Waals surface area contributed by atoms with Crippen LogP contribution in [0.3, 0.4) is 0 Å². The normalized spacial score (nSPS) is 12.1. The van der Waals surface area contributed by atoms with Crippen LogP contribution >= 0.6 is 0 Å². The Balaban J connectivity index is 0.000000288. The molecule has 1 atom stereocenters. The second-order valence-corrected chi connectivity index (χ2v) is 16.4. The smallest absolute Gasteiger partial charge is 0.453 e. The predicted molar refractivity (Wildman–Crippen MR) is 250 cm³/mol. The summed E-state index contributed by atoms with van der Waals surface area (Å²) in [6, 6.07) is 35.2. The maximum atomic E-state index is 13.1. The number of allylic oxidation sites excluding steroid dienone is 1. The van der Waals surface area contributed by atoms with Crippen molar-refractivity contribution < 1.29 is 51.5 Å². The summed E-state index contributed by atoms with van der Waals surface area (Å²) in [6.07, 6.45) is 3.64. The topological polar surface area (TPSA) is 96.2 Å². The van der Waals surface area contributed by atoms with E-state index >= 15 is 0 Å². The minimum absolute atomic E-state index is 0.187. The number of fused-ring (bicyclic) bond motifs is 2. The third kappa shape index (κ3) is 13.9. The first-order valence-electron chi connectivity index (χ1n) is 22.2. The number of aromatic hydroxyl groups is 2. The number of aliphatic carboxylic acids is 1. The number of ether oxygens (including phenoxy) is 2. The summed E-state index contributed by atoms with van der Waals surface area (Å²) in [5.41, 5.74) is 7.01. The highest BCUT2D eigenvalue weighted by Crippen LogP contribution is 2.40. The van der Waals surface area contributed by atoms with E-state index in [9.17, 15) is 42.1 Å². The molecule has 0 radical (unpaired) electrons. The van der Waals surface area contributed by atoms with Crippen LogP contribution in [0.15, 0.2) is 122 Å². The van der Waals surface area contributed by atoms with Gasteiger partial charge in [0.25, 0.3) is 0 Å². The molecule has 65 heavy (non-hydrogen) atoms. The van der Waals surface area contributed by atoms with Crippen LogP contribution in [0, 0.1) is 5.92 Å². The van der Waals surface area contributed by atoms with Gasteiger partial charge in [0.15, 0.2) is 0 Å². The Hall–Kier alpha value is -6.10. The molecule has 1 unspecified atom stereocenters. The number of carboxylic acids is 1. The van der Waals surface area contributed by atoms with Crippen LogP contribution in [-0.4, -0.2) is 47.6 Å². The van der Waals surface area contributed by atoms with E-state index in [2.05, 4.69) is 49.0 Å². The van der Waals surface area contributed by atoms with E-state index in [1.54, 1.807) is 38.5 Å². The zero-order valence-electron chi connectivity index (χ0n) is 37.1. The molecule has 6 aromatic carbocycles. The molecule has 0 bridgehead atoms. The fourth-order valence-corrected chi connectivity index (χ4v) is 8.32. The lowest BCUT2D eigenvalue weighted by Gasteiger charge is -2.20. The van der Waals surface area contributed by atoms with Gasteiger partial charge < -0.3 is 24.8 Å². The van der Waals surface area contributed by atoms with Crippen molar-refractivity contribution in [3.8, 4) is 45.3 Å². The van der Waals surface area contributed by atoms with Gasteiger partial charge in [-0.25, -0.2) is 0 Å². The monoisotopic (exact) mass is 898 g/mol. The molecule has 346 valence electrons. The summed E-state index contributed by atoms with van der Waals surface area (Å²) >= 11 is 0. The highest BCUT2D eigenvalue weighted by Gasteiger charge is 2.56. The van der Waals surface area contributed by atoms with Crippen LogP contribution < -0.4 is 9.47 Å². The van der Waals surface area contributed by atoms with Crippen LogP contribution in [0.4, 0.5) is 22.0 Å². The third-order valence-corrected chi connectivity index (χ3v) is 11.9. The number of methoxy groups -OCH3 is 2. The Morgan fingerprint density at radius 1 is 0.600 bits per heavy atom. The second-order valence-electron chi connectivity index (χ2n) is 16.4. The zero-order chi connectivity index (χ0) is 47.0. The fourth-order valence-electron chi connectivity index (χ4n) is 8.32. The van der Waals surface area contributed by atoms with Gasteiger partial charge in [-0.2, -0.15) is 22.0 Å². The number of rotatable bonds is 22. The molecule has 0 aliphatic carbocycles. The molecular weight excluding hydrogens is 840 g/mol. The van der Waals surface area contributed by atoms with Crippen LogP contribution in [0.1, 0.15) is 88.2 Å². The van der Waals surface area contributed by atoms with E-state index in [4.69, 9.17) is 9.47 Å². The molecule has 6 nitrogen and oxygen atoms in total. The summed E-state index contributed by atoms with van der Waals surface area (Å²) in [6.45, 7) is 3.91. The van der Waals surface area contributed by atoms with Crippen molar-refractivity contribution in [2.75, 3.05) is 14.2 Å². The van der Waals surface area contributed by atoms with E-state index in [0.717, 1.165) is 91.2 Å². The number of alkyl halides is 5. The van der Waals surface area contributed by atoms with Crippen molar-refractivity contribution in [1.82, 2.24) is 0 Å². The first-order chi connectivity index (χ1) is 31.1. The Morgan fingerprint density at radius 3 is 1.68 bits per heavy atom. The number of benzene rings is 6. The Kier molecular flexibility index (Phi) is 18.2. The molecule has 0 saturated carbocycles. The number of aryl methyl sites for hydroxylation is 1. The van der Waals surface area contributed by atoms with Crippen molar-refractivity contribution in [2.45, 2.75) is 102 Å². The number of phenols is 2. The molecule has 0 spiro atoms. The van der Waals surface area contributed by atoms with Gasteiger partial charge in [0.2, 0.25) is 0 Å². The molecule has 6 aromatic rings. The van der Waals surface area contributed by atoms with Gasteiger partial charge in [-0.1, -0.05) is 112 Å². The summed E-state index contributed by atoms with van der Waals surface area (Å²) < 4.78 is 73.6. The third-order valence-electron chi connectivity index (χ3n) is 11.9. The van der Waals surface area contributed by atoms with Crippen molar-refractivity contribution >= 4 is 27.5 Å². The van der Waals surface area contributed by atoms with Crippen molar-refractivity contribution in [1.29, 1.82) is 0 Å². The van der Waals surface area contributed by atoms with E-state index < -0.39 is 36.8 Å².